The van der Waals surface area contributed by atoms with Crippen molar-refractivity contribution in [3.05, 3.63) is 24.3 Å². The second-order valence-electron chi connectivity index (χ2n) is 5.70. The first-order chi connectivity index (χ1) is 9.78. The summed E-state index contributed by atoms with van der Waals surface area (Å²) in [7, 11) is 0.282. The van der Waals surface area contributed by atoms with Gasteiger partial charge in [0.15, 0.2) is 0 Å². The third-order valence-electron chi connectivity index (χ3n) is 3.03. The molecule has 0 saturated heterocycles. The maximum atomic E-state index is 12.9. The summed E-state index contributed by atoms with van der Waals surface area (Å²) in [5.74, 6) is 5.68. The molecule has 0 fully saturated rings. The van der Waals surface area contributed by atoms with E-state index in [4.69, 9.17) is 5.84 Å². The lowest BCUT2D eigenvalue weighted by Gasteiger charge is -2.26. The number of anilines is 1. The Morgan fingerprint density at radius 1 is 1.19 bits per heavy atom. The van der Waals surface area contributed by atoms with Crippen molar-refractivity contribution < 1.29 is 8.42 Å². The first kappa shape index (κ1) is 17.9. The fourth-order valence-electron chi connectivity index (χ4n) is 1.98. The lowest BCUT2D eigenvalue weighted by molar-refractivity contribution is 0.313. The number of nitrogen functional groups attached to an aromatic ring is 1. The van der Waals surface area contributed by atoms with Crippen LogP contribution in [0.5, 0.6) is 0 Å². The summed E-state index contributed by atoms with van der Waals surface area (Å²) in [6.45, 7) is 5.61. The van der Waals surface area contributed by atoms with Crippen LogP contribution in [0.15, 0.2) is 29.2 Å². The Kier molecular flexibility index (Phi) is 6.60. The summed E-state index contributed by atoms with van der Waals surface area (Å²) in [6.07, 6.45) is 0. The quantitative estimate of drug-likeness (QED) is 0.556. The van der Waals surface area contributed by atoms with E-state index >= 15 is 0 Å². The molecule has 0 amide bonds. The van der Waals surface area contributed by atoms with Crippen LogP contribution in [-0.2, 0) is 10.0 Å². The smallest absolute Gasteiger partial charge is 0.245 e. The minimum Gasteiger partial charge on any atom is -0.323 e. The van der Waals surface area contributed by atoms with Crippen molar-refractivity contribution in [2.75, 3.05) is 39.2 Å². The van der Waals surface area contributed by atoms with Crippen molar-refractivity contribution in [2.24, 2.45) is 11.8 Å². The second kappa shape index (κ2) is 7.74. The van der Waals surface area contributed by atoms with Crippen molar-refractivity contribution in [1.82, 2.24) is 9.21 Å². The predicted molar refractivity (Wildman–Crippen MR) is 86.4 cm³/mol. The molecule has 0 radical (unpaired) electrons. The van der Waals surface area contributed by atoms with E-state index in [0.29, 0.717) is 25.3 Å². The first-order valence-corrected chi connectivity index (χ1v) is 8.43. The molecule has 21 heavy (non-hydrogen) atoms. The molecule has 0 heterocycles. The highest BCUT2D eigenvalue weighted by molar-refractivity contribution is 7.89. The van der Waals surface area contributed by atoms with Crippen molar-refractivity contribution in [3.8, 4) is 0 Å². The lowest BCUT2D eigenvalue weighted by Crippen LogP contribution is -2.39. The molecule has 7 heteroatoms. The Bertz CT molecular complexity index is 544. The Morgan fingerprint density at radius 2 is 1.81 bits per heavy atom. The highest BCUT2D eigenvalue weighted by Crippen LogP contribution is 2.24. The number of rotatable bonds is 8. The molecule has 120 valence electrons. The maximum absolute atomic E-state index is 12.9. The Labute approximate surface area is 127 Å². The standard InChI is InChI=1S/C14H26N4O2S/c1-12(2)11-18(10-9-17(3)4)21(19,20)14-8-6-5-7-13(14)16-15/h5-8,12,16H,9-11,15H2,1-4H3. The molecule has 0 aliphatic rings. The van der Waals surface area contributed by atoms with Crippen LogP contribution < -0.4 is 11.3 Å². The van der Waals surface area contributed by atoms with Crippen LogP contribution in [0.4, 0.5) is 5.69 Å². The summed E-state index contributed by atoms with van der Waals surface area (Å²) in [4.78, 5) is 2.18. The van der Waals surface area contributed by atoms with Crippen LogP contribution in [0.1, 0.15) is 13.8 Å². The van der Waals surface area contributed by atoms with Crippen LogP contribution >= 0.6 is 0 Å². The number of nitrogens with one attached hydrogen (secondary N) is 1. The van der Waals surface area contributed by atoms with Gasteiger partial charge in [-0.05, 0) is 32.1 Å². The molecule has 6 nitrogen and oxygen atoms in total. The number of para-hydroxylation sites is 1. The van der Waals surface area contributed by atoms with E-state index in [1.807, 2.05) is 32.8 Å². The third kappa shape index (κ3) is 4.96. The number of likely N-dealkylation sites (N-methyl/N-ethyl adjacent to an activating group) is 1. The SMILES string of the molecule is CC(C)CN(CCN(C)C)S(=O)(=O)c1ccccc1NN. The summed E-state index contributed by atoms with van der Waals surface area (Å²) in [5, 5.41) is 0. The molecule has 0 aliphatic heterocycles. The van der Waals surface area contributed by atoms with E-state index in [1.165, 1.54) is 4.31 Å². The molecule has 1 rings (SSSR count). The van der Waals surface area contributed by atoms with Crippen LogP contribution in [0.2, 0.25) is 0 Å². The van der Waals surface area contributed by atoms with Crippen LogP contribution in [0, 0.1) is 5.92 Å². The lowest BCUT2D eigenvalue weighted by atomic mass is 10.2. The number of nitrogens with two attached hydrogens (primary N) is 1. The summed E-state index contributed by atoms with van der Waals surface area (Å²) in [6, 6.07) is 6.69. The van der Waals surface area contributed by atoms with Gasteiger partial charge in [0.2, 0.25) is 10.0 Å². The van der Waals surface area contributed by atoms with E-state index in [1.54, 1.807) is 24.3 Å². The monoisotopic (exact) mass is 314 g/mol. The van der Waals surface area contributed by atoms with Gasteiger partial charge in [0.25, 0.3) is 0 Å². The second-order valence-corrected chi connectivity index (χ2v) is 7.61. The highest BCUT2D eigenvalue weighted by Gasteiger charge is 2.27. The average Bonchev–Trinajstić information content (AvgIpc) is 2.42. The molecule has 0 bridgehead atoms. The minimum atomic E-state index is -3.57. The number of benzene rings is 1. The van der Waals surface area contributed by atoms with E-state index < -0.39 is 10.0 Å². The first-order valence-electron chi connectivity index (χ1n) is 6.99. The van der Waals surface area contributed by atoms with E-state index in [9.17, 15) is 8.42 Å². The Hall–Kier alpha value is -1.15. The molecular formula is C14H26N4O2S. The number of hydrogen-bond acceptors (Lipinski definition) is 5. The minimum absolute atomic E-state index is 0.215. The van der Waals surface area contributed by atoms with Gasteiger partial charge in [-0.25, -0.2) is 8.42 Å². The number of hydrazine groups is 1. The van der Waals surface area contributed by atoms with Gasteiger partial charge < -0.3 is 10.3 Å². The van der Waals surface area contributed by atoms with Crippen molar-refractivity contribution in [1.29, 1.82) is 0 Å². The van der Waals surface area contributed by atoms with E-state index in [-0.39, 0.29) is 10.8 Å². The fraction of sp³-hybridized carbons (Fsp3) is 0.571. The molecule has 0 aromatic heterocycles. The van der Waals surface area contributed by atoms with Crippen molar-refractivity contribution >= 4 is 15.7 Å². The zero-order chi connectivity index (χ0) is 16.0. The molecule has 0 atom stereocenters. The predicted octanol–water partition coefficient (Wildman–Crippen LogP) is 1.18. The molecular weight excluding hydrogens is 288 g/mol. The largest absolute Gasteiger partial charge is 0.323 e. The van der Waals surface area contributed by atoms with Gasteiger partial charge in [0.05, 0.1) is 5.69 Å². The van der Waals surface area contributed by atoms with Gasteiger partial charge in [0, 0.05) is 19.6 Å². The summed E-state index contributed by atoms with van der Waals surface area (Å²) < 4.78 is 27.3. The molecule has 0 saturated carbocycles. The topological polar surface area (TPSA) is 78.7 Å². The van der Waals surface area contributed by atoms with Gasteiger partial charge in [-0.1, -0.05) is 26.0 Å². The summed E-state index contributed by atoms with van der Waals surface area (Å²) in [5.41, 5.74) is 2.87. The van der Waals surface area contributed by atoms with Gasteiger partial charge in [-0.2, -0.15) is 4.31 Å². The van der Waals surface area contributed by atoms with E-state index in [0.717, 1.165) is 0 Å². The van der Waals surface area contributed by atoms with Crippen molar-refractivity contribution in [3.63, 3.8) is 0 Å². The van der Waals surface area contributed by atoms with Gasteiger partial charge in [-0.3, -0.25) is 5.84 Å². The van der Waals surface area contributed by atoms with Gasteiger partial charge in [-0.15, -0.1) is 0 Å². The van der Waals surface area contributed by atoms with Crippen LogP contribution in [0.25, 0.3) is 0 Å². The van der Waals surface area contributed by atoms with Gasteiger partial charge in [0.1, 0.15) is 4.90 Å². The molecule has 1 aromatic rings. The van der Waals surface area contributed by atoms with E-state index in [2.05, 4.69) is 5.43 Å². The van der Waals surface area contributed by atoms with Crippen LogP contribution in [0.3, 0.4) is 0 Å². The molecule has 0 spiro atoms. The Balaban J connectivity index is 3.13. The number of nitrogens with zero attached hydrogens (tertiary/aromatic N) is 2. The third-order valence-corrected chi connectivity index (χ3v) is 4.95. The number of hydrogen-bond donors (Lipinski definition) is 2. The normalized spacial score (nSPS) is 12.4. The zero-order valence-corrected chi connectivity index (χ0v) is 14.0. The zero-order valence-electron chi connectivity index (χ0n) is 13.2. The van der Waals surface area contributed by atoms with Crippen LogP contribution in [-0.4, -0.2) is 51.4 Å². The summed E-state index contributed by atoms with van der Waals surface area (Å²) >= 11 is 0. The van der Waals surface area contributed by atoms with Crippen molar-refractivity contribution in [2.45, 2.75) is 18.7 Å². The fourth-order valence-corrected chi connectivity index (χ4v) is 3.73. The molecule has 3 N–H and O–H groups in total. The molecule has 0 aliphatic carbocycles. The Morgan fingerprint density at radius 3 is 2.33 bits per heavy atom. The highest BCUT2D eigenvalue weighted by atomic mass is 32.2. The van der Waals surface area contributed by atoms with Gasteiger partial charge >= 0.3 is 0 Å². The maximum Gasteiger partial charge on any atom is 0.245 e. The average molecular weight is 314 g/mol. The molecule has 0 unspecified atom stereocenters. The molecule has 1 aromatic carbocycles. The number of sulfonamides is 1.